The lowest BCUT2D eigenvalue weighted by Gasteiger charge is -2.25. The molecule has 0 bridgehead atoms. The molecule has 0 aliphatic heterocycles. The van der Waals surface area contributed by atoms with Crippen LogP contribution in [0.1, 0.15) is 39.2 Å². The number of rotatable bonds is 8. The lowest BCUT2D eigenvalue weighted by molar-refractivity contribution is -0.121. The van der Waals surface area contributed by atoms with Crippen LogP contribution in [0.3, 0.4) is 0 Å². The summed E-state index contributed by atoms with van der Waals surface area (Å²) in [6, 6.07) is 8.23. The van der Waals surface area contributed by atoms with Crippen molar-refractivity contribution in [1.82, 2.24) is 5.32 Å². The van der Waals surface area contributed by atoms with Gasteiger partial charge in [-0.05, 0) is 31.0 Å². The second kappa shape index (κ2) is 8.42. The number of ether oxygens (including phenoxy) is 1. The highest BCUT2D eigenvalue weighted by atomic mass is 79.9. The first kappa shape index (κ1) is 17.2. The minimum atomic E-state index is -0.0731. The fourth-order valence-corrected chi connectivity index (χ4v) is 2.15. The second-order valence-corrected chi connectivity index (χ2v) is 6.38. The minimum absolute atomic E-state index is 0.0731. The molecule has 1 aromatic carbocycles. The highest BCUT2D eigenvalue weighted by molar-refractivity contribution is 9.10. The number of benzene rings is 1. The van der Waals surface area contributed by atoms with Gasteiger partial charge in [0.25, 0.3) is 0 Å². The van der Waals surface area contributed by atoms with E-state index in [0.717, 1.165) is 10.9 Å². The fraction of sp³-hybridized carbons (Fsp3) is 0.562. The molecule has 0 aliphatic carbocycles. The number of amides is 1. The summed E-state index contributed by atoms with van der Waals surface area (Å²) < 4.78 is 6.29. The van der Waals surface area contributed by atoms with Crippen LogP contribution in [0.2, 0.25) is 0 Å². The summed E-state index contributed by atoms with van der Waals surface area (Å²) in [6.45, 7) is 8.23. The van der Waals surface area contributed by atoms with E-state index in [2.05, 4.69) is 47.2 Å². The van der Waals surface area contributed by atoms with Gasteiger partial charge < -0.3 is 10.1 Å². The molecule has 1 rings (SSSR count). The third-order valence-corrected chi connectivity index (χ3v) is 3.78. The topological polar surface area (TPSA) is 38.3 Å². The molecule has 0 aromatic heterocycles. The van der Waals surface area contributed by atoms with Crippen molar-refractivity contribution in [3.8, 4) is 0 Å². The molecule has 0 fully saturated rings. The third-order valence-electron chi connectivity index (χ3n) is 3.25. The van der Waals surface area contributed by atoms with Gasteiger partial charge in [0, 0.05) is 36.1 Å². The molecule has 112 valence electrons. The van der Waals surface area contributed by atoms with E-state index in [1.807, 2.05) is 19.1 Å². The molecule has 3 nitrogen and oxygen atoms in total. The highest BCUT2D eigenvalue weighted by Gasteiger charge is 2.21. The first-order chi connectivity index (χ1) is 9.45. The Bertz CT molecular complexity index is 415. The predicted octanol–water partition coefficient (Wildman–Crippen LogP) is 3.66. The number of carbonyl (C=O) groups excluding carboxylic acids is 1. The summed E-state index contributed by atoms with van der Waals surface area (Å²) in [7, 11) is 0. The largest absolute Gasteiger partial charge is 0.382 e. The zero-order valence-electron chi connectivity index (χ0n) is 12.5. The summed E-state index contributed by atoms with van der Waals surface area (Å²) in [6.07, 6.45) is 1.30. The van der Waals surface area contributed by atoms with Crippen LogP contribution < -0.4 is 5.32 Å². The van der Waals surface area contributed by atoms with Gasteiger partial charge in [-0.25, -0.2) is 0 Å². The molecular formula is C16H24BrNO2. The molecule has 0 saturated heterocycles. The van der Waals surface area contributed by atoms with Gasteiger partial charge in [0.15, 0.2) is 0 Å². The van der Waals surface area contributed by atoms with Gasteiger partial charge in [-0.15, -0.1) is 0 Å². The first-order valence-corrected chi connectivity index (χ1v) is 7.85. The van der Waals surface area contributed by atoms with Crippen LogP contribution in [-0.2, 0) is 14.9 Å². The second-order valence-electron chi connectivity index (χ2n) is 5.47. The smallest absolute Gasteiger partial charge is 0.220 e. The number of halogens is 1. The Morgan fingerprint density at radius 1 is 1.30 bits per heavy atom. The molecule has 20 heavy (non-hydrogen) atoms. The third kappa shape index (κ3) is 6.06. The molecule has 0 unspecified atom stereocenters. The Hall–Kier alpha value is -0.870. The van der Waals surface area contributed by atoms with Crippen molar-refractivity contribution in [2.45, 2.75) is 39.0 Å². The van der Waals surface area contributed by atoms with E-state index in [1.54, 1.807) is 0 Å². The maximum atomic E-state index is 11.8. The van der Waals surface area contributed by atoms with Crippen molar-refractivity contribution in [3.63, 3.8) is 0 Å². The molecule has 0 saturated carbocycles. The lowest BCUT2D eigenvalue weighted by atomic mass is 9.84. The molecule has 1 aromatic rings. The van der Waals surface area contributed by atoms with Gasteiger partial charge in [0.05, 0.1) is 0 Å². The van der Waals surface area contributed by atoms with Crippen molar-refractivity contribution < 1.29 is 9.53 Å². The van der Waals surface area contributed by atoms with Crippen LogP contribution in [0.4, 0.5) is 0 Å². The highest BCUT2D eigenvalue weighted by Crippen LogP contribution is 2.24. The Labute approximate surface area is 130 Å². The SMILES string of the molecule is CCOCCCC(=O)NCC(C)(C)c1ccc(Br)cc1. The maximum Gasteiger partial charge on any atom is 0.220 e. The molecular weight excluding hydrogens is 318 g/mol. The van der Waals surface area contributed by atoms with E-state index < -0.39 is 0 Å². The van der Waals surface area contributed by atoms with E-state index in [4.69, 9.17) is 4.74 Å². The zero-order valence-corrected chi connectivity index (χ0v) is 14.1. The molecule has 0 aliphatic rings. The Kier molecular flexibility index (Phi) is 7.24. The van der Waals surface area contributed by atoms with E-state index >= 15 is 0 Å². The molecule has 0 atom stereocenters. The Morgan fingerprint density at radius 3 is 2.55 bits per heavy atom. The Balaban J connectivity index is 2.39. The summed E-state index contributed by atoms with van der Waals surface area (Å²) in [5.74, 6) is 0.0925. The predicted molar refractivity (Wildman–Crippen MR) is 85.9 cm³/mol. The van der Waals surface area contributed by atoms with Gasteiger partial charge in [-0.1, -0.05) is 41.9 Å². The van der Waals surface area contributed by atoms with Gasteiger partial charge in [-0.3, -0.25) is 4.79 Å². The van der Waals surface area contributed by atoms with Gasteiger partial charge in [-0.2, -0.15) is 0 Å². The number of hydrogen-bond acceptors (Lipinski definition) is 2. The van der Waals surface area contributed by atoms with E-state index in [1.165, 1.54) is 5.56 Å². The Morgan fingerprint density at radius 2 is 1.95 bits per heavy atom. The molecule has 0 heterocycles. The van der Waals surface area contributed by atoms with Crippen LogP contribution >= 0.6 is 15.9 Å². The minimum Gasteiger partial charge on any atom is -0.382 e. The van der Waals surface area contributed by atoms with Crippen LogP contribution in [-0.4, -0.2) is 25.7 Å². The van der Waals surface area contributed by atoms with Crippen molar-refractivity contribution in [3.05, 3.63) is 34.3 Å². The van der Waals surface area contributed by atoms with E-state index in [9.17, 15) is 4.79 Å². The quantitative estimate of drug-likeness (QED) is 0.732. The maximum absolute atomic E-state index is 11.8. The van der Waals surface area contributed by atoms with Crippen molar-refractivity contribution in [1.29, 1.82) is 0 Å². The van der Waals surface area contributed by atoms with Crippen molar-refractivity contribution >= 4 is 21.8 Å². The van der Waals surface area contributed by atoms with Crippen molar-refractivity contribution in [2.75, 3.05) is 19.8 Å². The average molecular weight is 342 g/mol. The normalized spacial score (nSPS) is 11.4. The molecule has 1 N–H and O–H groups in total. The van der Waals surface area contributed by atoms with Gasteiger partial charge in [0.2, 0.25) is 5.91 Å². The number of carbonyl (C=O) groups is 1. The average Bonchev–Trinajstić information content (AvgIpc) is 2.42. The van der Waals surface area contributed by atoms with Gasteiger partial charge in [0.1, 0.15) is 0 Å². The van der Waals surface area contributed by atoms with Gasteiger partial charge >= 0.3 is 0 Å². The van der Waals surface area contributed by atoms with Crippen LogP contribution in [0.5, 0.6) is 0 Å². The van der Waals surface area contributed by atoms with Crippen LogP contribution in [0.25, 0.3) is 0 Å². The monoisotopic (exact) mass is 341 g/mol. The lowest BCUT2D eigenvalue weighted by Crippen LogP contribution is -2.36. The number of nitrogens with one attached hydrogen (secondary N) is 1. The first-order valence-electron chi connectivity index (χ1n) is 7.06. The number of hydrogen-bond donors (Lipinski definition) is 1. The molecule has 4 heteroatoms. The zero-order chi connectivity index (χ0) is 15.0. The summed E-state index contributed by atoms with van der Waals surface area (Å²) in [5.41, 5.74) is 1.14. The van der Waals surface area contributed by atoms with E-state index in [0.29, 0.717) is 26.2 Å². The molecule has 0 spiro atoms. The van der Waals surface area contributed by atoms with Crippen molar-refractivity contribution in [2.24, 2.45) is 0 Å². The standard InChI is InChI=1S/C16H24BrNO2/c1-4-20-11-5-6-15(19)18-12-16(2,3)13-7-9-14(17)10-8-13/h7-10H,4-6,11-12H2,1-3H3,(H,18,19). The fourth-order valence-electron chi connectivity index (χ4n) is 1.89. The van der Waals surface area contributed by atoms with E-state index in [-0.39, 0.29) is 11.3 Å². The summed E-state index contributed by atoms with van der Waals surface area (Å²) in [5, 5.41) is 3.01. The summed E-state index contributed by atoms with van der Waals surface area (Å²) >= 11 is 3.43. The molecule has 0 radical (unpaired) electrons. The summed E-state index contributed by atoms with van der Waals surface area (Å²) in [4.78, 5) is 11.8. The van der Waals surface area contributed by atoms with Crippen LogP contribution in [0, 0.1) is 0 Å². The molecule has 1 amide bonds. The van der Waals surface area contributed by atoms with Crippen LogP contribution in [0.15, 0.2) is 28.7 Å².